The third-order valence-corrected chi connectivity index (χ3v) is 1.02. The first-order valence-electron chi connectivity index (χ1n) is 3.42. The molecule has 0 fully saturated rings. The van der Waals surface area contributed by atoms with Gasteiger partial charge in [-0.1, -0.05) is 20.3 Å². The lowest BCUT2D eigenvalue weighted by Gasteiger charge is -1.98. The van der Waals surface area contributed by atoms with Crippen LogP contribution in [0.25, 0.3) is 0 Å². The van der Waals surface area contributed by atoms with Gasteiger partial charge in [0, 0.05) is 13.0 Å². The van der Waals surface area contributed by atoms with Crippen molar-refractivity contribution < 1.29 is 4.79 Å². The second-order valence-electron chi connectivity index (χ2n) is 1.91. The number of rotatable bonds is 4. The van der Waals surface area contributed by atoms with E-state index in [1.807, 2.05) is 13.5 Å². The van der Waals surface area contributed by atoms with Crippen molar-refractivity contribution in [1.82, 2.24) is 5.32 Å². The number of hydrogen-bond donors (Lipinski definition) is 1. The summed E-state index contributed by atoms with van der Waals surface area (Å²) in [6.07, 6.45) is 2.62. The Labute approximate surface area is 56.6 Å². The van der Waals surface area contributed by atoms with Crippen LogP contribution in [0.4, 0.5) is 0 Å². The van der Waals surface area contributed by atoms with Crippen molar-refractivity contribution in [3.63, 3.8) is 0 Å². The van der Waals surface area contributed by atoms with E-state index in [9.17, 15) is 4.79 Å². The number of amides is 1. The molecule has 0 saturated heterocycles. The Balaban J connectivity index is 2.97. The zero-order valence-corrected chi connectivity index (χ0v) is 6.11. The van der Waals surface area contributed by atoms with Crippen molar-refractivity contribution in [3.8, 4) is 0 Å². The van der Waals surface area contributed by atoms with Crippen LogP contribution in [0.5, 0.6) is 0 Å². The molecule has 2 nitrogen and oxygen atoms in total. The van der Waals surface area contributed by atoms with Crippen molar-refractivity contribution in [2.45, 2.75) is 33.1 Å². The lowest BCUT2D eigenvalue weighted by molar-refractivity contribution is -0.120. The standard InChI is InChI=1S/C7H14NO/c1-3-5-6-8-7(9)4-2/h6H,3-5H2,1-2H3,(H,8,9). The minimum absolute atomic E-state index is 0.100. The van der Waals surface area contributed by atoms with E-state index in [0.29, 0.717) is 6.42 Å². The van der Waals surface area contributed by atoms with Crippen LogP contribution in [-0.4, -0.2) is 5.91 Å². The van der Waals surface area contributed by atoms with Gasteiger partial charge in [0.15, 0.2) is 0 Å². The second-order valence-corrected chi connectivity index (χ2v) is 1.91. The van der Waals surface area contributed by atoms with E-state index < -0.39 is 0 Å². The number of carbonyl (C=O) groups is 1. The highest BCUT2D eigenvalue weighted by atomic mass is 16.1. The minimum atomic E-state index is 0.100. The minimum Gasteiger partial charge on any atom is -0.351 e. The zero-order valence-electron chi connectivity index (χ0n) is 6.11. The van der Waals surface area contributed by atoms with E-state index in [1.54, 1.807) is 0 Å². The summed E-state index contributed by atoms with van der Waals surface area (Å²) in [6.45, 7) is 5.73. The second kappa shape index (κ2) is 5.60. The fourth-order valence-electron chi connectivity index (χ4n) is 0.432. The fraction of sp³-hybridized carbons (Fsp3) is 0.714. The largest absolute Gasteiger partial charge is 0.351 e. The van der Waals surface area contributed by atoms with Gasteiger partial charge in [-0.05, 0) is 6.42 Å². The van der Waals surface area contributed by atoms with Crippen LogP contribution in [0.2, 0.25) is 0 Å². The van der Waals surface area contributed by atoms with Crippen molar-refractivity contribution >= 4 is 5.91 Å². The van der Waals surface area contributed by atoms with Gasteiger partial charge < -0.3 is 5.32 Å². The molecule has 0 saturated carbocycles. The van der Waals surface area contributed by atoms with Gasteiger partial charge in [0.25, 0.3) is 0 Å². The molecule has 0 aromatic rings. The number of hydrogen-bond acceptors (Lipinski definition) is 1. The Hall–Kier alpha value is -0.530. The third-order valence-electron chi connectivity index (χ3n) is 1.02. The average Bonchev–Trinajstić information content (AvgIpc) is 1.89. The van der Waals surface area contributed by atoms with Crippen LogP contribution in [0.3, 0.4) is 0 Å². The SMILES string of the molecule is CCC[CH]NC(=O)CC. The summed E-state index contributed by atoms with van der Waals surface area (Å²) in [4.78, 5) is 10.5. The normalized spacial score (nSPS) is 9.11. The summed E-state index contributed by atoms with van der Waals surface area (Å²) in [6, 6.07) is 0. The predicted molar refractivity (Wildman–Crippen MR) is 37.6 cm³/mol. The van der Waals surface area contributed by atoms with Gasteiger partial charge in [0.05, 0.1) is 0 Å². The zero-order chi connectivity index (χ0) is 7.11. The van der Waals surface area contributed by atoms with E-state index in [-0.39, 0.29) is 5.91 Å². The summed E-state index contributed by atoms with van der Waals surface area (Å²) in [7, 11) is 0. The molecule has 0 aromatic carbocycles. The molecule has 1 radical (unpaired) electrons. The molecule has 0 unspecified atom stereocenters. The molecule has 0 heterocycles. The van der Waals surface area contributed by atoms with Crippen LogP contribution >= 0.6 is 0 Å². The third kappa shape index (κ3) is 5.34. The average molecular weight is 128 g/mol. The van der Waals surface area contributed by atoms with Crippen LogP contribution in [-0.2, 0) is 4.79 Å². The molecule has 0 rings (SSSR count). The summed E-state index contributed by atoms with van der Waals surface area (Å²) in [5.74, 6) is 0.100. The van der Waals surface area contributed by atoms with Crippen molar-refractivity contribution in [2.24, 2.45) is 0 Å². The van der Waals surface area contributed by atoms with E-state index in [1.165, 1.54) is 0 Å². The highest BCUT2D eigenvalue weighted by Gasteiger charge is 1.92. The van der Waals surface area contributed by atoms with E-state index in [2.05, 4.69) is 12.2 Å². The monoisotopic (exact) mass is 128 g/mol. The lowest BCUT2D eigenvalue weighted by Crippen LogP contribution is -2.18. The smallest absolute Gasteiger partial charge is 0.220 e. The van der Waals surface area contributed by atoms with Crippen LogP contribution in [0.1, 0.15) is 33.1 Å². The van der Waals surface area contributed by atoms with Gasteiger partial charge in [0.1, 0.15) is 0 Å². The van der Waals surface area contributed by atoms with E-state index >= 15 is 0 Å². The van der Waals surface area contributed by atoms with Crippen LogP contribution in [0.15, 0.2) is 0 Å². The van der Waals surface area contributed by atoms with E-state index in [0.717, 1.165) is 12.8 Å². The molecule has 1 amide bonds. The fourth-order valence-corrected chi connectivity index (χ4v) is 0.432. The first-order chi connectivity index (χ1) is 4.31. The van der Waals surface area contributed by atoms with Gasteiger partial charge in [-0.25, -0.2) is 0 Å². The lowest BCUT2D eigenvalue weighted by atomic mass is 10.3. The molecule has 53 valence electrons. The number of nitrogens with one attached hydrogen (secondary N) is 1. The Morgan fingerprint density at radius 1 is 1.56 bits per heavy atom. The Kier molecular flexibility index (Phi) is 5.27. The van der Waals surface area contributed by atoms with Crippen LogP contribution < -0.4 is 5.32 Å². The molecule has 2 heteroatoms. The molecule has 1 N–H and O–H groups in total. The Bertz CT molecular complexity index is 81.0. The van der Waals surface area contributed by atoms with Gasteiger partial charge in [-0.15, -0.1) is 0 Å². The Morgan fingerprint density at radius 3 is 2.67 bits per heavy atom. The topological polar surface area (TPSA) is 29.1 Å². The predicted octanol–water partition coefficient (Wildman–Crippen LogP) is 1.47. The van der Waals surface area contributed by atoms with E-state index in [4.69, 9.17) is 0 Å². The maximum absolute atomic E-state index is 10.5. The van der Waals surface area contributed by atoms with Crippen molar-refractivity contribution in [1.29, 1.82) is 0 Å². The van der Waals surface area contributed by atoms with Gasteiger partial charge in [-0.2, -0.15) is 0 Å². The molecule has 0 atom stereocenters. The van der Waals surface area contributed by atoms with Crippen molar-refractivity contribution in [3.05, 3.63) is 6.54 Å². The molecule has 0 aliphatic rings. The van der Waals surface area contributed by atoms with Gasteiger partial charge in [0.2, 0.25) is 5.91 Å². The molecule has 0 aliphatic carbocycles. The maximum Gasteiger partial charge on any atom is 0.220 e. The molecule has 0 bridgehead atoms. The molecule has 9 heavy (non-hydrogen) atoms. The highest BCUT2D eigenvalue weighted by molar-refractivity contribution is 5.76. The van der Waals surface area contributed by atoms with Gasteiger partial charge in [-0.3, -0.25) is 4.79 Å². The molecule has 0 aromatic heterocycles. The maximum atomic E-state index is 10.5. The summed E-state index contributed by atoms with van der Waals surface area (Å²) < 4.78 is 0. The first kappa shape index (κ1) is 8.47. The molecule has 0 spiro atoms. The summed E-state index contributed by atoms with van der Waals surface area (Å²) in [5, 5.41) is 2.67. The first-order valence-corrected chi connectivity index (χ1v) is 3.42. The van der Waals surface area contributed by atoms with Crippen molar-refractivity contribution in [2.75, 3.05) is 0 Å². The Morgan fingerprint density at radius 2 is 2.22 bits per heavy atom. The number of unbranched alkanes of at least 4 members (excludes halogenated alkanes) is 1. The number of carbonyl (C=O) groups excluding carboxylic acids is 1. The summed E-state index contributed by atoms with van der Waals surface area (Å²) in [5.41, 5.74) is 0. The molecule has 0 aliphatic heterocycles. The summed E-state index contributed by atoms with van der Waals surface area (Å²) >= 11 is 0. The quantitative estimate of drug-likeness (QED) is 0.571. The molecular weight excluding hydrogens is 114 g/mol. The highest BCUT2D eigenvalue weighted by Crippen LogP contribution is 1.88. The van der Waals surface area contributed by atoms with Gasteiger partial charge >= 0.3 is 0 Å². The van der Waals surface area contributed by atoms with Crippen LogP contribution in [0, 0.1) is 6.54 Å². The molecular formula is C7H14NO.